The van der Waals surface area contributed by atoms with Crippen LogP contribution in [0.1, 0.15) is 6.92 Å². The van der Waals surface area contributed by atoms with Crippen molar-refractivity contribution >= 4 is 34.7 Å². The third-order valence-electron chi connectivity index (χ3n) is 1.64. The van der Waals surface area contributed by atoms with Crippen molar-refractivity contribution in [2.24, 2.45) is 0 Å². The van der Waals surface area contributed by atoms with Crippen molar-refractivity contribution in [1.82, 2.24) is 4.90 Å². The second-order valence-corrected chi connectivity index (χ2v) is 4.13. The molecule has 5 heteroatoms. The summed E-state index contributed by atoms with van der Waals surface area (Å²) in [6.07, 6.45) is 0. The van der Waals surface area contributed by atoms with Crippen molar-refractivity contribution in [2.75, 3.05) is 18.9 Å². The summed E-state index contributed by atoms with van der Waals surface area (Å²) in [6.45, 7) is 2.60. The van der Waals surface area contributed by atoms with Crippen LogP contribution in [0.15, 0.2) is 11.4 Å². The Morgan fingerprint density at radius 1 is 1.77 bits per heavy atom. The lowest BCUT2D eigenvalue weighted by Crippen LogP contribution is -2.30. The number of carbonyl (C=O) groups excluding carboxylic acids is 1. The third kappa shape index (κ3) is 2.90. The predicted molar refractivity (Wildman–Crippen MR) is 56.7 cm³/mol. The first kappa shape index (κ1) is 10.3. The van der Waals surface area contributed by atoms with E-state index in [1.54, 1.807) is 18.0 Å². The first-order chi connectivity index (χ1) is 6.13. The molecule has 13 heavy (non-hydrogen) atoms. The van der Waals surface area contributed by atoms with E-state index < -0.39 is 0 Å². The zero-order valence-electron chi connectivity index (χ0n) is 7.50. The number of nitrogens with zero attached hydrogens (tertiary/aromatic N) is 1. The number of carbonyl (C=O) groups is 1. The molecule has 0 fully saturated rings. The zero-order chi connectivity index (χ0) is 9.84. The van der Waals surface area contributed by atoms with Crippen molar-refractivity contribution in [2.45, 2.75) is 6.92 Å². The summed E-state index contributed by atoms with van der Waals surface area (Å²) in [5, 5.41) is 4.54. The van der Waals surface area contributed by atoms with Crippen LogP contribution < -0.4 is 5.32 Å². The molecule has 1 aromatic rings. The number of hydrogen-bond donors (Lipinski definition) is 1. The van der Waals surface area contributed by atoms with Crippen molar-refractivity contribution in [1.29, 1.82) is 0 Å². The molecule has 0 saturated carbocycles. The maximum absolute atomic E-state index is 11.3. The Hall–Kier alpha value is -0.740. The molecule has 72 valence electrons. The molecule has 0 radical (unpaired) electrons. The van der Waals surface area contributed by atoms with Gasteiger partial charge in [0.2, 0.25) is 0 Å². The number of hydrogen-bond acceptors (Lipinski definition) is 2. The molecule has 0 saturated heterocycles. The van der Waals surface area contributed by atoms with Crippen LogP contribution in [0.25, 0.3) is 0 Å². The highest BCUT2D eigenvalue weighted by Crippen LogP contribution is 2.23. The quantitative estimate of drug-likeness (QED) is 0.814. The summed E-state index contributed by atoms with van der Waals surface area (Å²) in [4.78, 5) is 12.9. The fourth-order valence-electron chi connectivity index (χ4n) is 0.738. The minimum atomic E-state index is -0.114. The lowest BCUT2D eigenvalue weighted by Gasteiger charge is -2.14. The molecule has 0 bridgehead atoms. The number of halogens is 1. The Labute approximate surface area is 86.3 Å². The number of urea groups is 1. The Morgan fingerprint density at radius 2 is 2.46 bits per heavy atom. The largest absolute Gasteiger partial charge is 0.328 e. The van der Waals surface area contributed by atoms with Gasteiger partial charge in [0.1, 0.15) is 0 Å². The number of anilines is 1. The number of amides is 2. The van der Waals surface area contributed by atoms with Gasteiger partial charge in [0.05, 0.1) is 10.0 Å². The molecular formula is C8H11ClN2OS. The van der Waals surface area contributed by atoms with Gasteiger partial charge in [-0.3, -0.25) is 0 Å². The highest BCUT2D eigenvalue weighted by molar-refractivity contribution is 7.14. The molecule has 0 unspecified atom stereocenters. The predicted octanol–water partition coefficient (Wildman–Crippen LogP) is 2.89. The molecule has 1 rings (SSSR count). The van der Waals surface area contributed by atoms with Gasteiger partial charge in [-0.25, -0.2) is 4.79 Å². The number of thiophene rings is 1. The monoisotopic (exact) mass is 218 g/mol. The normalized spacial score (nSPS) is 9.77. The van der Waals surface area contributed by atoms with E-state index in [1.165, 1.54) is 11.3 Å². The summed E-state index contributed by atoms with van der Waals surface area (Å²) in [6, 6.07) is 1.62. The number of nitrogens with one attached hydrogen (secondary N) is 1. The smallest absolute Gasteiger partial charge is 0.321 e. The molecule has 1 N–H and O–H groups in total. The highest BCUT2D eigenvalue weighted by Gasteiger charge is 2.06. The fraction of sp³-hybridized carbons (Fsp3) is 0.375. The Kier molecular flexibility index (Phi) is 3.57. The van der Waals surface area contributed by atoms with Crippen LogP contribution in [-0.4, -0.2) is 24.5 Å². The van der Waals surface area contributed by atoms with E-state index in [0.29, 0.717) is 10.9 Å². The Morgan fingerprint density at radius 3 is 2.92 bits per heavy atom. The van der Waals surface area contributed by atoms with Crippen molar-refractivity contribution < 1.29 is 4.79 Å². The van der Waals surface area contributed by atoms with Crippen LogP contribution in [0.5, 0.6) is 0 Å². The minimum absolute atomic E-state index is 0.114. The van der Waals surface area contributed by atoms with Gasteiger partial charge in [-0.05, 0) is 13.0 Å². The second-order valence-electron chi connectivity index (χ2n) is 2.58. The molecule has 0 aliphatic rings. The first-order valence-electron chi connectivity index (χ1n) is 3.89. The van der Waals surface area contributed by atoms with E-state index in [-0.39, 0.29) is 6.03 Å². The molecule has 2 amide bonds. The van der Waals surface area contributed by atoms with E-state index in [9.17, 15) is 4.79 Å². The second kappa shape index (κ2) is 4.48. The van der Waals surface area contributed by atoms with Gasteiger partial charge in [-0.15, -0.1) is 11.3 Å². The molecular weight excluding hydrogens is 208 g/mol. The van der Waals surface area contributed by atoms with Gasteiger partial charge in [-0.2, -0.15) is 0 Å². The zero-order valence-corrected chi connectivity index (χ0v) is 9.08. The Bertz CT molecular complexity index is 300. The molecule has 0 spiro atoms. The SMILES string of the molecule is CCN(C)C(=O)Nc1csc(Cl)c1. The van der Waals surface area contributed by atoms with Crippen LogP contribution in [0, 0.1) is 0 Å². The average Bonchev–Trinajstić information content (AvgIpc) is 2.49. The van der Waals surface area contributed by atoms with Crippen LogP contribution in [-0.2, 0) is 0 Å². The van der Waals surface area contributed by atoms with E-state index in [0.717, 1.165) is 5.69 Å². The van der Waals surface area contributed by atoms with Crippen LogP contribution in [0.4, 0.5) is 10.5 Å². The fourth-order valence-corrected chi connectivity index (χ4v) is 1.55. The van der Waals surface area contributed by atoms with Gasteiger partial charge < -0.3 is 10.2 Å². The number of rotatable bonds is 2. The Balaban J connectivity index is 2.54. The first-order valence-corrected chi connectivity index (χ1v) is 5.15. The summed E-state index contributed by atoms with van der Waals surface area (Å²) in [7, 11) is 1.74. The van der Waals surface area contributed by atoms with Gasteiger partial charge in [0.25, 0.3) is 0 Å². The van der Waals surface area contributed by atoms with Crippen LogP contribution in [0.3, 0.4) is 0 Å². The van der Waals surface area contributed by atoms with Crippen molar-refractivity contribution in [3.63, 3.8) is 0 Å². The average molecular weight is 219 g/mol. The van der Waals surface area contributed by atoms with E-state index in [4.69, 9.17) is 11.6 Å². The highest BCUT2D eigenvalue weighted by atomic mass is 35.5. The molecule has 0 aliphatic carbocycles. The van der Waals surface area contributed by atoms with Gasteiger partial charge in [0.15, 0.2) is 0 Å². The lowest BCUT2D eigenvalue weighted by molar-refractivity contribution is 0.224. The van der Waals surface area contributed by atoms with E-state index >= 15 is 0 Å². The van der Waals surface area contributed by atoms with Gasteiger partial charge >= 0.3 is 6.03 Å². The van der Waals surface area contributed by atoms with Gasteiger partial charge in [-0.1, -0.05) is 11.6 Å². The van der Waals surface area contributed by atoms with Crippen LogP contribution >= 0.6 is 22.9 Å². The van der Waals surface area contributed by atoms with E-state index in [2.05, 4.69) is 5.32 Å². The lowest BCUT2D eigenvalue weighted by atomic mass is 10.5. The summed E-state index contributed by atoms with van der Waals surface area (Å²) >= 11 is 7.11. The molecule has 0 atom stereocenters. The maximum atomic E-state index is 11.3. The van der Waals surface area contributed by atoms with E-state index in [1.807, 2.05) is 12.3 Å². The van der Waals surface area contributed by atoms with Crippen LogP contribution in [0.2, 0.25) is 4.34 Å². The molecule has 0 aliphatic heterocycles. The maximum Gasteiger partial charge on any atom is 0.321 e. The summed E-state index contributed by atoms with van der Waals surface area (Å²) < 4.78 is 0.675. The summed E-state index contributed by atoms with van der Waals surface area (Å²) in [5.41, 5.74) is 0.750. The minimum Gasteiger partial charge on any atom is -0.328 e. The van der Waals surface area contributed by atoms with Crippen molar-refractivity contribution in [3.8, 4) is 0 Å². The standard InChI is InChI=1S/C8H11ClN2OS/c1-3-11(2)8(12)10-6-4-7(9)13-5-6/h4-5H,3H2,1-2H3,(H,10,12). The molecule has 1 heterocycles. The molecule has 0 aromatic carbocycles. The molecule has 3 nitrogen and oxygen atoms in total. The molecule has 1 aromatic heterocycles. The topological polar surface area (TPSA) is 32.3 Å². The van der Waals surface area contributed by atoms with Crippen molar-refractivity contribution in [3.05, 3.63) is 15.8 Å². The summed E-state index contributed by atoms with van der Waals surface area (Å²) in [5.74, 6) is 0. The third-order valence-corrected chi connectivity index (χ3v) is 2.73. The van der Waals surface area contributed by atoms with Gasteiger partial charge in [0, 0.05) is 19.0 Å².